The number of piperidine rings is 1. The maximum Gasteiger partial charge on any atom is 0.416 e. The number of nitrogens with one attached hydrogen (secondary N) is 2. The highest BCUT2D eigenvalue weighted by Crippen LogP contribution is 2.53. The van der Waals surface area contributed by atoms with Gasteiger partial charge in [-0.15, -0.1) is 0 Å². The number of para-hydroxylation sites is 1. The summed E-state index contributed by atoms with van der Waals surface area (Å²) in [5.74, 6) is 0. The molecule has 2 aliphatic heterocycles. The number of hydrogen-bond acceptors (Lipinski definition) is 4. The maximum absolute atomic E-state index is 14.1. The maximum atomic E-state index is 14.1. The molecule has 2 aliphatic rings. The van der Waals surface area contributed by atoms with Crippen LogP contribution in [0.3, 0.4) is 0 Å². The molecule has 174 valence electrons. The van der Waals surface area contributed by atoms with Gasteiger partial charge in [0.15, 0.2) is 0 Å². The van der Waals surface area contributed by atoms with E-state index < -0.39 is 17.2 Å². The van der Waals surface area contributed by atoms with Crippen molar-refractivity contribution in [3.05, 3.63) is 59.2 Å². The van der Waals surface area contributed by atoms with Gasteiger partial charge in [0, 0.05) is 49.1 Å². The summed E-state index contributed by atoms with van der Waals surface area (Å²) in [6, 6.07) is 12.7. The molecule has 1 saturated heterocycles. The van der Waals surface area contributed by atoms with Crippen molar-refractivity contribution in [2.24, 2.45) is 5.41 Å². The predicted molar refractivity (Wildman–Crippen MR) is 122 cm³/mol. The molecule has 0 saturated carbocycles. The first-order valence-corrected chi connectivity index (χ1v) is 11.1. The Hall–Kier alpha value is -2.25. The summed E-state index contributed by atoms with van der Waals surface area (Å²) in [5, 5.41) is 5.47. The van der Waals surface area contributed by atoms with Crippen LogP contribution in [0.4, 0.5) is 24.5 Å². The molecule has 1 unspecified atom stereocenters. The van der Waals surface area contributed by atoms with Crippen LogP contribution in [0.15, 0.2) is 42.5 Å². The zero-order valence-electron chi connectivity index (χ0n) is 19.1. The van der Waals surface area contributed by atoms with Gasteiger partial charge in [0.05, 0.1) is 11.7 Å². The fourth-order valence-electron chi connectivity index (χ4n) is 5.28. The number of rotatable bonds is 4. The van der Waals surface area contributed by atoms with Crippen molar-refractivity contribution in [2.45, 2.75) is 51.3 Å². The minimum Gasteiger partial charge on any atom is -0.384 e. The fraction of sp³-hybridized carbons (Fsp3) is 0.520. The van der Waals surface area contributed by atoms with Crippen LogP contribution in [-0.2, 0) is 16.3 Å². The summed E-state index contributed by atoms with van der Waals surface area (Å²) < 4.78 is 48.1. The topological polar surface area (TPSA) is 36.5 Å². The molecule has 2 aromatic carbocycles. The van der Waals surface area contributed by atoms with Crippen molar-refractivity contribution in [2.75, 3.05) is 37.5 Å². The molecule has 4 nitrogen and oxygen atoms in total. The van der Waals surface area contributed by atoms with E-state index in [1.807, 2.05) is 51.1 Å². The Kier molecular flexibility index (Phi) is 5.92. The molecule has 2 heterocycles. The summed E-state index contributed by atoms with van der Waals surface area (Å²) in [5.41, 5.74) is 4.92. The van der Waals surface area contributed by atoms with Crippen LogP contribution in [0.1, 0.15) is 56.4 Å². The number of methoxy groups -OCH3 is 1. The summed E-state index contributed by atoms with van der Waals surface area (Å²) in [7, 11) is 1.62. The number of hydrazine groups is 1. The molecule has 32 heavy (non-hydrogen) atoms. The second-order valence-electron chi connectivity index (χ2n) is 10.0. The third kappa shape index (κ3) is 4.20. The van der Waals surface area contributed by atoms with Crippen molar-refractivity contribution < 1.29 is 17.9 Å². The van der Waals surface area contributed by atoms with Crippen LogP contribution in [-0.4, -0.2) is 31.8 Å². The first-order chi connectivity index (χ1) is 15.0. The largest absolute Gasteiger partial charge is 0.416 e. The molecule has 1 spiro atoms. The monoisotopic (exact) mass is 447 g/mol. The van der Waals surface area contributed by atoms with Crippen LogP contribution >= 0.6 is 0 Å². The summed E-state index contributed by atoms with van der Waals surface area (Å²) in [6.07, 6.45) is -3.41. The SMILES string of the molecule is COC(c1ccc(C(F)(F)F)c2c1NCC21CCN(Nc2ccccc2)CC1)C(C)(C)C. The van der Waals surface area contributed by atoms with Crippen LogP contribution < -0.4 is 10.7 Å². The Morgan fingerprint density at radius 1 is 1.03 bits per heavy atom. The van der Waals surface area contributed by atoms with Gasteiger partial charge in [-0.25, -0.2) is 5.01 Å². The number of anilines is 2. The average molecular weight is 448 g/mol. The van der Waals surface area contributed by atoms with E-state index in [0.717, 1.165) is 11.3 Å². The Labute approximate surface area is 188 Å². The van der Waals surface area contributed by atoms with E-state index >= 15 is 0 Å². The van der Waals surface area contributed by atoms with E-state index in [4.69, 9.17) is 4.74 Å². The lowest BCUT2D eigenvalue weighted by Crippen LogP contribution is -2.46. The molecular weight excluding hydrogens is 415 g/mol. The van der Waals surface area contributed by atoms with Gasteiger partial charge in [-0.05, 0) is 42.0 Å². The summed E-state index contributed by atoms with van der Waals surface area (Å²) >= 11 is 0. The molecule has 0 radical (unpaired) electrons. The van der Waals surface area contributed by atoms with Gasteiger partial charge in [0.25, 0.3) is 0 Å². The third-order valence-electron chi connectivity index (χ3n) is 6.76. The van der Waals surface area contributed by atoms with E-state index in [9.17, 15) is 13.2 Å². The van der Waals surface area contributed by atoms with Crippen molar-refractivity contribution in [3.8, 4) is 0 Å². The third-order valence-corrected chi connectivity index (χ3v) is 6.76. The molecule has 4 rings (SSSR count). The summed E-state index contributed by atoms with van der Waals surface area (Å²) in [4.78, 5) is 0. The molecule has 0 amide bonds. The number of halogens is 3. The average Bonchev–Trinajstić information content (AvgIpc) is 3.09. The minimum absolute atomic E-state index is 0.247. The van der Waals surface area contributed by atoms with E-state index in [1.54, 1.807) is 13.2 Å². The van der Waals surface area contributed by atoms with Gasteiger partial charge in [-0.2, -0.15) is 13.2 Å². The van der Waals surface area contributed by atoms with E-state index in [0.29, 0.717) is 43.7 Å². The molecule has 1 fully saturated rings. The molecule has 0 bridgehead atoms. The minimum atomic E-state index is -4.40. The lowest BCUT2D eigenvalue weighted by Gasteiger charge is -2.40. The quantitative estimate of drug-likeness (QED) is 0.583. The molecule has 1 atom stereocenters. The molecule has 2 aromatic rings. The van der Waals surface area contributed by atoms with Crippen LogP contribution in [0.25, 0.3) is 0 Å². The Bertz CT molecular complexity index is 945. The smallest absolute Gasteiger partial charge is 0.384 e. The zero-order valence-corrected chi connectivity index (χ0v) is 19.1. The van der Waals surface area contributed by atoms with Gasteiger partial charge >= 0.3 is 6.18 Å². The van der Waals surface area contributed by atoms with Gasteiger partial charge in [0.2, 0.25) is 0 Å². The van der Waals surface area contributed by atoms with Gasteiger partial charge < -0.3 is 15.5 Å². The normalized spacial score (nSPS) is 19.5. The van der Waals surface area contributed by atoms with E-state index in [-0.39, 0.29) is 11.5 Å². The highest BCUT2D eigenvalue weighted by atomic mass is 19.4. The van der Waals surface area contributed by atoms with Crippen LogP contribution in [0.5, 0.6) is 0 Å². The number of alkyl halides is 3. The molecule has 0 aliphatic carbocycles. The standard InChI is InChI=1S/C25H32F3N3O/c1-23(2,3)22(32-4)18-10-11-19(25(26,27)28)20-21(18)29-16-24(20)12-14-31(15-13-24)30-17-8-6-5-7-9-17/h5-11,22,29-30H,12-16H2,1-4H3. The lowest BCUT2D eigenvalue weighted by molar-refractivity contribution is -0.138. The highest BCUT2D eigenvalue weighted by molar-refractivity contribution is 5.69. The zero-order chi connectivity index (χ0) is 23.1. The second kappa shape index (κ2) is 8.27. The van der Waals surface area contributed by atoms with Crippen molar-refractivity contribution >= 4 is 11.4 Å². The van der Waals surface area contributed by atoms with Crippen molar-refractivity contribution in [3.63, 3.8) is 0 Å². The first-order valence-electron chi connectivity index (χ1n) is 11.1. The Balaban J connectivity index is 1.68. The van der Waals surface area contributed by atoms with Crippen molar-refractivity contribution in [1.82, 2.24) is 5.01 Å². The van der Waals surface area contributed by atoms with Crippen molar-refractivity contribution in [1.29, 1.82) is 0 Å². The molecular formula is C25H32F3N3O. The number of fused-ring (bicyclic) bond motifs is 2. The lowest BCUT2D eigenvalue weighted by atomic mass is 9.71. The highest BCUT2D eigenvalue weighted by Gasteiger charge is 2.49. The van der Waals surface area contributed by atoms with Crippen LogP contribution in [0, 0.1) is 5.41 Å². The molecule has 7 heteroatoms. The Morgan fingerprint density at radius 2 is 1.69 bits per heavy atom. The summed E-state index contributed by atoms with van der Waals surface area (Å²) in [6.45, 7) is 7.99. The van der Waals surface area contributed by atoms with Crippen LogP contribution in [0.2, 0.25) is 0 Å². The van der Waals surface area contributed by atoms with E-state index in [2.05, 4.69) is 15.8 Å². The predicted octanol–water partition coefficient (Wildman–Crippen LogP) is 6.23. The first kappa shape index (κ1) is 22.9. The molecule has 0 aromatic heterocycles. The number of benzene rings is 2. The number of hydrogen-bond donors (Lipinski definition) is 2. The fourth-order valence-corrected chi connectivity index (χ4v) is 5.28. The second-order valence-corrected chi connectivity index (χ2v) is 10.0. The van der Waals surface area contributed by atoms with E-state index in [1.165, 1.54) is 6.07 Å². The van der Waals surface area contributed by atoms with Gasteiger partial charge in [-0.1, -0.05) is 45.0 Å². The number of ether oxygens (including phenoxy) is 1. The number of nitrogens with zero attached hydrogens (tertiary/aromatic N) is 1. The van der Waals surface area contributed by atoms with Gasteiger partial charge in [-0.3, -0.25) is 0 Å². The molecule has 2 N–H and O–H groups in total. The van der Waals surface area contributed by atoms with Gasteiger partial charge in [0.1, 0.15) is 0 Å². The Morgan fingerprint density at radius 3 is 2.25 bits per heavy atom.